The number of ether oxygens (including phenoxy) is 3. The Morgan fingerprint density at radius 1 is 1.00 bits per heavy atom. The van der Waals surface area contributed by atoms with Crippen LogP contribution in [0, 0.1) is 11.3 Å². The Kier molecular flexibility index (Phi) is 5.84. The number of methoxy groups -OCH3 is 3. The van der Waals surface area contributed by atoms with Gasteiger partial charge in [-0.2, -0.15) is 5.26 Å². The molecular weight excluding hydrogens is 292 g/mol. The lowest BCUT2D eigenvalue weighted by atomic mass is 10.1. The lowest BCUT2D eigenvalue weighted by Gasteiger charge is -2.17. The van der Waals surface area contributed by atoms with E-state index in [4.69, 9.17) is 14.2 Å². The average Bonchev–Trinajstić information content (AvgIpc) is 2.62. The number of hydrogen-bond donors (Lipinski definition) is 1. The quantitative estimate of drug-likeness (QED) is 0.851. The van der Waals surface area contributed by atoms with Gasteiger partial charge in [-0.15, -0.1) is 0 Å². The summed E-state index contributed by atoms with van der Waals surface area (Å²) in [5.74, 6) is 1.57. The van der Waals surface area contributed by atoms with Crippen LogP contribution in [0.25, 0.3) is 0 Å². The zero-order valence-corrected chi connectivity index (χ0v) is 13.5. The van der Waals surface area contributed by atoms with Crippen molar-refractivity contribution in [2.24, 2.45) is 0 Å². The van der Waals surface area contributed by atoms with E-state index in [0.717, 1.165) is 11.1 Å². The molecule has 2 aromatic rings. The standard InChI is InChI=1S/C18H20N2O3/c1-21-16-9-14(10-17(22-2)18(16)23-3)15(11-19)20-12-13-7-5-4-6-8-13/h4-10,15,20H,12H2,1-3H3/t15-/m1/s1. The van der Waals surface area contributed by atoms with Gasteiger partial charge in [0.2, 0.25) is 5.75 Å². The SMILES string of the molecule is COc1cc([C@@H](C#N)NCc2ccccc2)cc(OC)c1OC. The fourth-order valence-electron chi connectivity index (χ4n) is 2.32. The molecule has 0 aromatic heterocycles. The normalized spacial score (nSPS) is 11.4. The number of nitriles is 1. The van der Waals surface area contributed by atoms with Gasteiger partial charge < -0.3 is 14.2 Å². The first kappa shape index (κ1) is 16.7. The minimum atomic E-state index is -0.482. The molecular formula is C18H20N2O3. The molecule has 1 N–H and O–H groups in total. The van der Waals surface area contributed by atoms with E-state index in [1.807, 2.05) is 30.3 Å². The predicted molar refractivity (Wildman–Crippen MR) is 87.7 cm³/mol. The topological polar surface area (TPSA) is 63.5 Å². The van der Waals surface area contributed by atoms with Crippen molar-refractivity contribution >= 4 is 0 Å². The second kappa shape index (κ2) is 8.06. The van der Waals surface area contributed by atoms with E-state index in [9.17, 15) is 5.26 Å². The van der Waals surface area contributed by atoms with E-state index < -0.39 is 6.04 Å². The minimum absolute atomic E-state index is 0.482. The van der Waals surface area contributed by atoms with E-state index in [1.165, 1.54) is 0 Å². The highest BCUT2D eigenvalue weighted by Gasteiger charge is 2.18. The van der Waals surface area contributed by atoms with Crippen LogP contribution in [0.5, 0.6) is 17.2 Å². The van der Waals surface area contributed by atoms with E-state index in [2.05, 4.69) is 11.4 Å². The highest BCUT2D eigenvalue weighted by Crippen LogP contribution is 2.39. The highest BCUT2D eigenvalue weighted by atomic mass is 16.5. The first-order chi connectivity index (χ1) is 11.2. The van der Waals surface area contributed by atoms with Crippen LogP contribution in [0.1, 0.15) is 17.2 Å². The molecule has 5 heteroatoms. The zero-order chi connectivity index (χ0) is 16.7. The second-order valence-corrected chi connectivity index (χ2v) is 4.89. The molecule has 5 nitrogen and oxygen atoms in total. The molecule has 0 unspecified atom stereocenters. The number of benzene rings is 2. The molecule has 2 rings (SSSR count). The van der Waals surface area contributed by atoms with Crippen molar-refractivity contribution in [1.82, 2.24) is 5.32 Å². The van der Waals surface area contributed by atoms with Gasteiger partial charge in [0, 0.05) is 6.54 Å². The van der Waals surface area contributed by atoms with Crippen molar-refractivity contribution in [2.75, 3.05) is 21.3 Å². The summed E-state index contributed by atoms with van der Waals surface area (Å²) in [6.07, 6.45) is 0. The predicted octanol–water partition coefficient (Wildman–Crippen LogP) is 3.07. The largest absolute Gasteiger partial charge is 0.493 e. The minimum Gasteiger partial charge on any atom is -0.493 e. The highest BCUT2D eigenvalue weighted by molar-refractivity contribution is 5.55. The molecule has 0 saturated carbocycles. The van der Waals surface area contributed by atoms with Gasteiger partial charge in [0.1, 0.15) is 6.04 Å². The van der Waals surface area contributed by atoms with Crippen LogP contribution in [-0.2, 0) is 6.54 Å². The first-order valence-electron chi connectivity index (χ1n) is 7.20. The summed E-state index contributed by atoms with van der Waals surface area (Å²) < 4.78 is 16.0. The Hall–Kier alpha value is -2.71. The van der Waals surface area contributed by atoms with Crippen LogP contribution >= 0.6 is 0 Å². The molecule has 0 aliphatic rings. The van der Waals surface area contributed by atoms with Gasteiger partial charge in [0.05, 0.1) is 27.4 Å². The molecule has 0 bridgehead atoms. The maximum Gasteiger partial charge on any atom is 0.203 e. The molecule has 0 fully saturated rings. The van der Waals surface area contributed by atoms with Crippen molar-refractivity contribution in [3.63, 3.8) is 0 Å². The molecule has 0 radical (unpaired) electrons. The molecule has 0 saturated heterocycles. The zero-order valence-electron chi connectivity index (χ0n) is 13.5. The molecule has 0 amide bonds. The Morgan fingerprint density at radius 3 is 2.09 bits per heavy atom. The monoisotopic (exact) mass is 312 g/mol. The molecule has 0 spiro atoms. The van der Waals surface area contributed by atoms with Gasteiger partial charge in [0.25, 0.3) is 0 Å². The van der Waals surface area contributed by atoms with Crippen molar-refractivity contribution in [3.8, 4) is 23.3 Å². The Labute approximate surface area is 136 Å². The molecule has 0 aliphatic heterocycles. The van der Waals surface area contributed by atoms with Crippen molar-refractivity contribution in [3.05, 3.63) is 53.6 Å². The van der Waals surface area contributed by atoms with Crippen LogP contribution < -0.4 is 19.5 Å². The molecule has 0 heterocycles. The number of hydrogen-bond acceptors (Lipinski definition) is 5. The van der Waals surface area contributed by atoms with Gasteiger partial charge in [-0.1, -0.05) is 30.3 Å². The van der Waals surface area contributed by atoms with Gasteiger partial charge in [-0.05, 0) is 23.3 Å². The number of rotatable bonds is 7. The maximum absolute atomic E-state index is 9.49. The molecule has 1 atom stereocenters. The van der Waals surface area contributed by atoms with Gasteiger partial charge in [-0.3, -0.25) is 5.32 Å². The molecule has 2 aromatic carbocycles. The Balaban J connectivity index is 2.25. The third-order valence-electron chi connectivity index (χ3n) is 3.50. The first-order valence-corrected chi connectivity index (χ1v) is 7.20. The Morgan fingerprint density at radius 2 is 1.61 bits per heavy atom. The van der Waals surface area contributed by atoms with E-state index in [-0.39, 0.29) is 0 Å². The molecule has 0 aliphatic carbocycles. The van der Waals surface area contributed by atoms with Crippen molar-refractivity contribution in [2.45, 2.75) is 12.6 Å². The van der Waals surface area contributed by atoms with Crippen LogP contribution in [0.15, 0.2) is 42.5 Å². The fourth-order valence-corrected chi connectivity index (χ4v) is 2.32. The molecule has 23 heavy (non-hydrogen) atoms. The number of nitrogens with one attached hydrogen (secondary N) is 1. The van der Waals surface area contributed by atoms with Crippen LogP contribution in [0.3, 0.4) is 0 Å². The lowest BCUT2D eigenvalue weighted by molar-refractivity contribution is 0.323. The van der Waals surface area contributed by atoms with Gasteiger partial charge in [0.15, 0.2) is 11.5 Å². The van der Waals surface area contributed by atoms with Crippen molar-refractivity contribution < 1.29 is 14.2 Å². The Bertz CT molecular complexity index is 655. The van der Waals surface area contributed by atoms with E-state index >= 15 is 0 Å². The number of nitrogens with zero attached hydrogens (tertiary/aromatic N) is 1. The summed E-state index contributed by atoms with van der Waals surface area (Å²) in [4.78, 5) is 0. The summed E-state index contributed by atoms with van der Waals surface area (Å²) in [5, 5.41) is 12.7. The summed E-state index contributed by atoms with van der Waals surface area (Å²) >= 11 is 0. The summed E-state index contributed by atoms with van der Waals surface area (Å²) in [6.45, 7) is 0.593. The smallest absolute Gasteiger partial charge is 0.203 e. The van der Waals surface area contributed by atoms with E-state index in [0.29, 0.717) is 23.8 Å². The van der Waals surface area contributed by atoms with Crippen LogP contribution in [0.4, 0.5) is 0 Å². The van der Waals surface area contributed by atoms with Gasteiger partial charge >= 0.3 is 0 Å². The molecule has 120 valence electrons. The third-order valence-corrected chi connectivity index (χ3v) is 3.50. The van der Waals surface area contributed by atoms with Crippen LogP contribution in [0.2, 0.25) is 0 Å². The maximum atomic E-state index is 9.49. The van der Waals surface area contributed by atoms with Gasteiger partial charge in [-0.25, -0.2) is 0 Å². The summed E-state index contributed by atoms with van der Waals surface area (Å²) in [5.41, 5.74) is 1.87. The lowest BCUT2D eigenvalue weighted by Crippen LogP contribution is -2.19. The average molecular weight is 312 g/mol. The van der Waals surface area contributed by atoms with E-state index in [1.54, 1.807) is 33.5 Å². The summed E-state index contributed by atoms with van der Waals surface area (Å²) in [6, 6.07) is 15.3. The fraction of sp³-hybridized carbons (Fsp3) is 0.278. The van der Waals surface area contributed by atoms with Crippen LogP contribution in [-0.4, -0.2) is 21.3 Å². The third kappa shape index (κ3) is 3.93. The summed E-state index contributed by atoms with van der Waals surface area (Å²) in [7, 11) is 4.66. The second-order valence-electron chi connectivity index (χ2n) is 4.89. The van der Waals surface area contributed by atoms with Crippen molar-refractivity contribution in [1.29, 1.82) is 5.26 Å².